The number of allylic oxidation sites excluding steroid dienone is 1. The molecule has 4 heteroatoms. The van der Waals surface area contributed by atoms with Crippen LogP contribution in [-0.4, -0.2) is 21.6 Å². The lowest BCUT2D eigenvalue weighted by Gasteiger charge is -1.94. The third-order valence-electron chi connectivity index (χ3n) is 1.62. The topological polar surface area (TPSA) is 65.5 Å². The second-order valence-electron chi connectivity index (χ2n) is 2.40. The standard InChI is InChI=1S/C8H6N2O2/c11-5-1-3-9-7(5)8-6(12)2-4-10-8/h1-4,9,11H. The molecule has 0 saturated heterocycles. The molecule has 1 aliphatic rings. The summed E-state index contributed by atoms with van der Waals surface area (Å²) in [6.07, 6.45) is 4.33. The SMILES string of the molecule is O=C1C=CN=C1c1[nH]ccc1O. The van der Waals surface area contributed by atoms with Gasteiger partial charge in [-0.15, -0.1) is 0 Å². The highest BCUT2D eigenvalue weighted by Gasteiger charge is 2.18. The van der Waals surface area contributed by atoms with Crippen LogP contribution in [0.1, 0.15) is 5.69 Å². The zero-order valence-electron chi connectivity index (χ0n) is 6.11. The van der Waals surface area contributed by atoms with E-state index < -0.39 is 0 Å². The number of nitrogens with zero attached hydrogens (tertiary/aromatic N) is 1. The predicted octanol–water partition coefficient (Wildman–Crippen LogP) is 0.606. The third kappa shape index (κ3) is 0.852. The Morgan fingerprint density at radius 3 is 2.83 bits per heavy atom. The van der Waals surface area contributed by atoms with Crippen molar-refractivity contribution >= 4 is 11.5 Å². The predicted molar refractivity (Wildman–Crippen MR) is 43.1 cm³/mol. The molecule has 12 heavy (non-hydrogen) atoms. The van der Waals surface area contributed by atoms with Crippen molar-refractivity contribution in [2.75, 3.05) is 0 Å². The maximum atomic E-state index is 11.1. The molecule has 2 rings (SSSR count). The number of aromatic nitrogens is 1. The Bertz CT molecular complexity index is 388. The first kappa shape index (κ1) is 6.84. The number of aliphatic imine (C=N–C) groups is 1. The summed E-state index contributed by atoms with van der Waals surface area (Å²) in [7, 11) is 0. The van der Waals surface area contributed by atoms with Crippen molar-refractivity contribution in [1.82, 2.24) is 4.98 Å². The van der Waals surface area contributed by atoms with Crippen LogP contribution in [0.3, 0.4) is 0 Å². The average Bonchev–Trinajstić information content (AvgIpc) is 2.59. The van der Waals surface area contributed by atoms with Crippen LogP contribution in [0.15, 0.2) is 29.5 Å². The van der Waals surface area contributed by atoms with E-state index in [0.29, 0.717) is 5.69 Å². The first-order valence-corrected chi connectivity index (χ1v) is 3.44. The van der Waals surface area contributed by atoms with Crippen molar-refractivity contribution < 1.29 is 9.90 Å². The average molecular weight is 162 g/mol. The van der Waals surface area contributed by atoms with E-state index in [1.165, 1.54) is 18.3 Å². The fourth-order valence-electron chi connectivity index (χ4n) is 1.06. The number of aromatic amines is 1. The molecule has 60 valence electrons. The summed E-state index contributed by atoms with van der Waals surface area (Å²) in [6.45, 7) is 0. The quantitative estimate of drug-likeness (QED) is 0.635. The van der Waals surface area contributed by atoms with Crippen LogP contribution < -0.4 is 0 Å². The number of aromatic hydroxyl groups is 1. The van der Waals surface area contributed by atoms with Gasteiger partial charge in [0.15, 0.2) is 0 Å². The maximum absolute atomic E-state index is 11.1. The lowest BCUT2D eigenvalue weighted by Crippen LogP contribution is -2.09. The maximum Gasteiger partial charge on any atom is 0.207 e. The van der Waals surface area contributed by atoms with Crippen LogP contribution in [0.5, 0.6) is 5.75 Å². The number of hydrogen-bond donors (Lipinski definition) is 2. The molecule has 1 aromatic heterocycles. The Kier molecular flexibility index (Phi) is 1.33. The van der Waals surface area contributed by atoms with Gasteiger partial charge in [-0.3, -0.25) is 9.79 Å². The molecule has 2 N–H and O–H groups in total. The Morgan fingerprint density at radius 1 is 1.50 bits per heavy atom. The van der Waals surface area contributed by atoms with Gasteiger partial charge in [0.05, 0.1) is 0 Å². The van der Waals surface area contributed by atoms with Gasteiger partial charge in [-0.2, -0.15) is 0 Å². The van der Waals surface area contributed by atoms with Crippen molar-refractivity contribution in [3.63, 3.8) is 0 Å². The van der Waals surface area contributed by atoms with Gasteiger partial charge in [-0.05, 0) is 6.07 Å². The van der Waals surface area contributed by atoms with Crippen LogP contribution in [0, 0.1) is 0 Å². The second-order valence-corrected chi connectivity index (χ2v) is 2.40. The molecule has 0 aromatic carbocycles. The number of nitrogens with one attached hydrogen (secondary N) is 1. The Morgan fingerprint density at radius 2 is 2.33 bits per heavy atom. The highest BCUT2D eigenvalue weighted by molar-refractivity contribution is 6.51. The molecule has 0 unspecified atom stereocenters. The molecule has 0 radical (unpaired) electrons. The van der Waals surface area contributed by atoms with Crippen LogP contribution in [0.4, 0.5) is 0 Å². The van der Waals surface area contributed by atoms with Crippen LogP contribution in [-0.2, 0) is 4.79 Å². The molecule has 0 saturated carbocycles. The minimum atomic E-state index is -0.187. The van der Waals surface area contributed by atoms with Gasteiger partial charge < -0.3 is 10.1 Å². The van der Waals surface area contributed by atoms with Crippen molar-refractivity contribution in [3.8, 4) is 5.75 Å². The highest BCUT2D eigenvalue weighted by atomic mass is 16.3. The summed E-state index contributed by atoms with van der Waals surface area (Å²) in [5.41, 5.74) is 0.641. The van der Waals surface area contributed by atoms with Crippen LogP contribution in [0.2, 0.25) is 0 Å². The molecule has 0 atom stereocenters. The summed E-state index contributed by atoms with van der Waals surface area (Å²) in [5.74, 6) is -0.140. The van der Waals surface area contributed by atoms with Gasteiger partial charge in [0, 0.05) is 18.5 Å². The normalized spacial score (nSPS) is 15.3. The smallest absolute Gasteiger partial charge is 0.207 e. The van der Waals surface area contributed by atoms with E-state index in [2.05, 4.69) is 9.98 Å². The third-order valence-corrected chi connectivity index (χ3v) is 1.62. The largest absolute Gasteiger partial charge is 0.506 e. The van der Waals surface area contributed by atoms with Gasteiger partial charge in [0.2, 0.25) is 5.78 Å². The Balaban J connectivity index is 2.46. The molecular weight excluding hydrogens is 156 g/mol. The molecule has 2 heterocycles. The summed E-state index contributed by atoms with van der Waals surface area (Å²) in [4.78, 5) is 17.6. The first-order valence-electron chi connectivity index (χ1n) is 3.44. The number of carbonyl (C=O) groups is 1. The molecule has 0 amide bonds. The fraction of sp³-hybridized carbons (Fsp3) is 0. The highest BCUT2D eigenvalue weighted by Crippen LogP contribution is 2.17. The number of rotatable bonds is 1. The van der Waals surface area contributed by atoms with E-state index in [1.54, 1.807) is 6.20 Å². The lowest BCUT2D eigenvalue weighted by atomic mass is 10.2. The van der Waals surface area contributed by atoms with Crippen molar-refractivity contribution in [3.05, 3.63) is 30.2 Å². The second kappa shape index (κ2) is 2.34. The minimum Gasteiger partial charge on any atom is -0.506 e. The fourth-order valence-corrected chi connectivity index (χ4v) is 1.06. The van der Waals surface area contributed by atoms with Crippen molar-refractivity contribution in [1.29, 1.82) is 0 Å². The minimum absolute atomic E-state index is 0.0470. The zero-order chi connectivity index (χ0) is 8.55. The summed E-state index contributed by atoms with van der Waals surface area (Å²) in [5, 5.41) is 9.24. The molecule has 0 spiro atoms. The Labute approximate surface area is 68.3 Å². The van der Waals surface area contributed by atoms with Gasteiger partial charge in [-0.25, -0.2) is 0 Å². The molecule has 0 aliphatic carbocycles. The van der Waals surface area contributed by atoms with E-state index in [1.807, 2.05) is 0 Å². The number of ketones is 1. The summed E-state index contributed by atoms with van der Waals surface area (Å²) >= 11 is 0. The number of carbonyl (C=O) groups excluding carboxylic acids is 1. The van der Waals surface area contributed by atoms with E-state index in [0.717, 1.165) is 0 Å². The molecular formula is C8H6N2O2. The van der Waals surface area contributed by atoms with Crippen molar-refractivity contribution in [2.24, 2.45) is 4.99 Å². The van der Waals surface area contributed by atoms with Gasteiger partial charge in [0.25, 0.3) is 0 Å². The van der Waals surface area contributed by atoms with E-state index in [-0.39, 0.29) is 17.2 Å². The van der Waals surface area contributed by atoms with Crippen LogP contribution in [0.25, 0.3) is 0 Å². The first-order chi connectivity index (χ1) is 5.79. The molecule has 0 bridgehead atoms. The van der Waals surface area contributed by atoms with Crippen LogP contribution >= 0.6 is 0 Å². The van der Waals surface area contributed by atoms with Crippen molar-refractivity contribution in [2.45, 2.75) is 0 Å². The lowest BCUT2D eigenvalue weighted by molar-refractivity contribution is -0.108. The molecule has 1 aromatic rings. The zero-order valence-corrected chi connectivity index (χ0v) is 6.11. The van der Waals surface area contributed by atoms with E-state index >= 15 is 0 Å². The summed E-state index contributed by atoms with van der Waals surface area (Å²) < 4.78 is 0. The summed E-state index contributed by atoms with van der Waals surface area (Å²) in [6, 6.07) is 1.48. The molecule has 4 nitrogen and oxygen atoms in total. The van der Waals surface area contributed by atoms with Gasteiger partial charge >= 0.3 is 0 Å². The number of hydrogen-bond acceptors (Lipinski definition) is 3. The van der Waals surface area contributed by atoms with E-state index in [4.69, 9.17) is 0 Å². The molecule has 0 fully saturated rings. The number of H-pyrrole nitrogens is 1. The van der Waals surface area contributed by atoms with Gasteiger partial charge in [-0.1, -0.05) is 0 Å². The van der Waals surface area contributed by atoms with E-state index in [9.17, 15) is 9.90 Å². The molecule has 1 aliphatic heterocycles. The monoisotopic (exact) mass is 162 g/mol. The Hall–Kier alpha value is -1.84. The van der Waals surface area contributed by atoms with Gasteiger partial charge in [0.1, 0.15) is 17.2 Å².